The highest BCUT2D eigenvalue weighted by atomic mass is 32.1. The molecule has 1 unspecified atom stereocenters. The van der Waals surface area contributed by atoms with Crippen LogP contribution in [0, 0.1) is 5.92 Å². The van der Waals surface area contributed by atoms with Gasteiger partial charge in [-0.3, -0.25) is 4.79 Å². The molecule has 2 N–H and O–H groups in total. The molecule has 1 amide bonds. The summed E-state index contributed by atoms with van der Waals surface area (Å²) in [6.07, 6.45) is 1.40. The van der Waals surface area contributed by atoms with E-state index in [2.05, 4.69) is 29.7 Å². The van der Waals surface area contributed by atoms with Gasteiger partial charge in [0.25, 0.3) is 0 Å². The van der Waals surface area contributed by atoms with Crippen molar-refractivity contribution < 1.29 is 4.79 Å². The molecule has 0 aromatic heterocycles. The van der Waals surface area contributed by atoms with Crippen LogP contribution in [-0.4, -0.2) is 11.0 Å². The predicted octanol–water partition coefficient (Wildman–Crippen LogP) is 3.17. The zero-order valence-electron chi connectivity index (χ0n) is 11.8. The Kier molecular flexibility index (Phi) is 6.50. The normalized spacial score (nSPS) is 12.0. The van der Waals surface area contributed by atoms with E-state index in [-0.39, 0.29) is 11.9 Å². The quantitative estimate of drug-likeness (QED) is 0.813. The zero-order chi connectivity index (χ0) is 14.3. The molecule has 0 bridgehead atoms. The van der Waals surface area contributed by atoms with Gasteiger partial charge in [-0.1, -0.05) is 51.1 Å². The van der Waals surface area contributed by atoms with E-state index in [1.165, 1.54) is 5.56 Å². The van der Waals surface area contributed by atoms with Crippen LogP contribution in [-0.2, 0) is 4.79 Å². The van der Waals surface area contributed by atoms with Gasteiger partial charge in [0.05, 0.1) is 6.04 Å². The molecular formula is C15H22N2OS. The first-order chi connectivity index (χ1) is 9.02. The van der Waals surface area contributed by atoms with Crippen LogP contribution in [0.5, 0.6) is 0 Å². The number of thiocarbonyl (C=S) groups is 1. The molecule has 0 saturated carbocycles. The highest BCUT2D eigenvalue weighted by Crippen LogP contribution is 2.15. The van der Waals surface area contributed by atoms with E-state index >= 15 is 0 Å². The van der Waals surface area contributed by atoms with E-state index in [1.807, 2.05) is 32.0 Å². The number of carbonyl (C=O) groups excluding carboxylic acids is 1. The summed E-state index contributed by atoms with van der Waals surface area (Å²) >= 11 is 5.18. The largest absolute Gasteiger partial charge is 0.356 e. The number of hydrogen-bond acceptors (Lipinski definition) is 2. The van der Waals surface area contributed by atoms with Gasteiger partial charge in [-0.15, -0.1) is 0 Å². The smallest absolute Gasteiger partial charge is 0.226 e. The Hall–Kier alpha value is -1.42. The predicted molar refractivity (Wildman–Crippen MR) is 82.8 cm³/mol. The van der Waals surface area contributed by atoms with Crippen molar-refractivity contribution in [2.24, 2.45) is 5.92 Å². The van der Waals surface area contributed by atoms with Crippen LogP contribution in [0.2, 0.25) is 0 Å². The van der Waals surface area contributed by atoms with E-state index in [4.69, 9.17) is 12.2 Å². The average Bonchev–Trinajstić information content (AvgIpc) is 2.35. The molecule has 0 aliphatic carbocycles. The maximum absolute atomic E-state index is 11.6. The summed E-state index contributed by atoms with van der Waals surface area (Å²) in [6, 6.07) is 10.2. The number of amides is 1. The maximum atomic E-state index is 11.6. The van der Waals surface area contributed by atoms with Gasteiger partial charge in [0.15, 0.2) is 5.11 Å². The lowest BCUT2D eigenvalue weighted by atomic mass is 10.1. The summed E-state index contributed by atoms with van der Waals surface area (Å²) in [5, 5.41) is 6.32. The van der Waals surface area contributed by atoms with Crippen molar-refractivity contribution in [3.63, 3.8) is 0 Å². The summed E-state index contributed by atoms with van der Waals surface area (Å²) < 4.78 is 0. The standard InChI is InChI=1S/C15H22N2OS/c1-4-13(12-8-6-5-7-9-12)16-15(19)17-14(18)10-11(2)3/h5-9,11,13H,4,10H2,1-3H3,(H2,16,17,18,19). The molecule has 1 aromatic carbocycles. The monoisotopic (exact) mass is 278 g/mol. The summed E-state index contributed by atoms with van der Waals surface area (Å²) in [6.45, 7) is 6.10. The van der Waals surface area contributed by atoms with Crippen LogP contribution < -0.4 is 10.6 Å². The van der Waals surface area contributed by atoms with Gasteiger partial charge in [0, 0.05) is 6.42 Å². The van der Waals surface area contributed by atoms with Crippen LogP contribution in [0.15, 0.2) is 30.3 Å². The van der Waals surface area contributed by atoms with Crippen LogP contribution in [0.3, 0.4) is 0 Å². The van der Waals surface area contributed by atoms with Crippen molar-refractivity contribution in [2.45, 2.75) is 39.7 Å². The minimum atomic E-state index is -0.0320. The molecule has 104 valence electrons. The Morgan fingerprint density at radius 3 is 2.42 bits per heavy atom. The average molecular weight is 278 g/mol. The van der Waals surface area contributed by atoms with Gasteiger partial charge in [-0.05, 0) is 30.1 Å². The number of benzene rings is 1. The SMILES string of the molecule is CCC(NC(=S)NC(=O)CC(C)C)c1ccccc1. The van der Waals surface area contributed by atoms with Gasteiger partial charge >= 0.3 is 0 Å². The molecule has 1 rings (SSSR count). The Morgan fingerprint density at radius 1 is 1.26 bits per heavy atom. The highest BCUT2D eigenvalue weighted by Gasteiger charge is 2.12. The van der Waals surface area contributed by atoms with E-state index in [1.54, 1.807) is 0 Å². The molecule has 1 aromatic rings. The lowest BCUT2D eigenvalue weighted by molar-refractivity contribution is -0.120. The van der Waals surface area contributed by atoms with E-state index in [9.17, 15) is 4.79 Å². The fraction of sp³-hybridized carbons (Fsp3) is 0.467. The third-order valence-corrected chi connectivity index (χ3v) is 2.98. The van der Waals surface area contributed by atoms with Crippen LogP contribution in [0.25, 0.3) is 0 Å². The number of carbonyl (C=O) groups is 1. The van der Waals surface area contributed by atoms with Crippen molar-refractivity contribution in [1.82, 2.24) is 10.6 Å². The molecule has 3 nitrogen and oxygen atoms in total. The molecule has 0 spiro atoms. The highest BCUT2D eigenvalue weighted by molar-refractivity contribution is 7.80. The lowest BCUT2D eigenvalue weighted by Gasteiger charge is -2.19. The fourth-order valence-electron chi connectivity index (χ4n) is 1.85. The molecule has 0 aliphatic rings. The van der Waals surface area contributed by atoms with E-state index in [0.29, 0.717) is 17.5 Å². The van der Waals surface area contributed by atoms with Crippen LogP contribution in [0.1, 0.15) is 45.2 Å². The van der Waals surface area contributed by atoms with Crippen molar-refractivity contribution >= 4 is 23.2 Å². The summed E-state index contributed by atoms with van der Waals surface area (Å²) in [5.41, 5.74) is 1.17. The number of rotatable bonds is 5. The van der Waals surface area contributed by atoms with E-state index < -0.39 is 0 Å². The van der Waals surface area contributed by atoms with Gasteiger partial charge < -0.3 is 10.6 Å². The van der Waals surface area contributed by atoms with Crippen molar-refractivity contribution in [3.05, 3.63) is 35.9 Å². The van der Waals surface area contributed by atoms with Gasteiger partial charge in [-0.2, -0.15) is 0 Å². The first-order valence-electron chi connectivity index (χ1n) is 6.68. The third kappa shape index (κ3) is 5.83. The van der Waals surface area contributed by atoms with Crippen LogP contribution >= 0.6 is 12.2 Å². The minimum absolute atomic E-state index is 0.0320. The molecule has 4 heteroatoms. The number of nitrogens with one attached hydrogen (secondary N) is 2. The zero-order valence-corrected chi connectivity index (χ0v) is 12.6. The summed E-state index contributed by atoms with van der Waals surface area (Å²) in [7, 11) is 0. The maximum Gasteiger partial charge on any atom is 0.226 e. The first-order valence-corrected chi connectivity index (χ1v) is 7.09. The van der Waals surface area contributed by atoms with Gasteiger partial charge in [0.1, 0.15) is 0 Å². The van der Waals surface area contributed by atoms with Crippen molar-refractivity contribution in [3.8, 4) is 0 Å². The van der Waals surface area contributed by atoms with Crippen LogP contribution in [0.4, 0.5) is 0 Å². The molecule has 0 aliphatic heterocycles. The molecule has 1 atom stereocenters. The van der Waals surface area contributed by atoms with Gasteiger partial charge in [0.2, 0.25) is 5.91 Å². The van der Waals surface area contributed by atoms with E-state index in [0.717, 1.165) is 6.42 Å². The molecule has 0 radical (unpaired) electrons. The molecule has 0 heterocycles. The van der Waals surface area contributed by atoms with Gasteiger partial charge in [-0.25, -0.2) is 0 Å². The Bertz CT molecular complexity index is 417. The number of hydrogen-bond donors (Lipinski definition) is 2. The second kappa shape index (κ2) is 7.89. The molecule has 0 fully saturated rings. The summed E-state index contributed by atoms with van der Waals surface area (Å²) in [4.78, 5) is 11.6. The first kappa shape index (κ1) is 15.6. The molecule has 0 saturated heterocycles. The second-order valence-electron chi connectivity index (χ2n) is 4.99. The fourth-order valence-corrected chi connectivity index (χ4v) is 2.11. The Labute approximate surface area is 120 Å². The Morgan fingerprint density at radius 2 is 1.89 bits per heavy atom. The Balaban J connectivity index is 2.52. The minimum Gasteiger partial charge on any atom is -0.356 e. The summed E-state index contributed by atoms with van der Waals surface area (Å²) in [5.74, 6) is 0.300. The molecular weight excluding hydrogens is 256 g/mol. The lowest BCUT2D eigenvalue weighted by Crippen LogP contribution is -2.41. The van der Waals surface area contributed by atoms with Crippen molar-refractivity contribution in [1.29, 1.82) is 0 Å². The second-order valence-corrected chi connectivity index (χ2v) is 5.40. The van der Waals surface area contributed by atoms with Crippen molar-refractivity contribution in [2.75, 3.05) is 0 Å². The topological polar surface area (TPSA) is 41.1 Å². The molecule has 19 heavy (non-hydrogen) atoms. The third-order valence-electron chi connectivity index (χ3n) is 2.76.